The molecule has 1 heterocycles. The monoisotopic (exact) mass is 232 g/mol. The standard InChI is InChI=1S/C14H20N2O/c1-4-16(10(2)3)14(17)11-5-6-12-8-15-9-13(12)7-11/h5-7,10,15H,4,8-9H2,1-3H3. The second-order valence-electron chi connectivity index (χ2n) is 4.77. The maximum atomic E-state index is 12.3. The average molecular weight is 232 g/mol. The molecule has 3 heteroatoms. The maximum Gasteiger partial charge on any atom is 0.254 e. The lowest BCUT2D eigenvalue weighted by Crippen LogP contribution is -2.36. The Labute approximate surface area is 103 Å². The number of rotatable bonds is 3. The number of amides is 1. The van der Waals surface area contributed by atoms with Crippen molar-refractivity contribution in [1.29, 1.82) is 0 Å². The highest BCUT2D eigenvalue weighted by Gasteiger charge is 2.19. The minimum atomic E-state index is 0.136. The molecule has 17 heavy (non-hydrogen) atoms. The zero-order valence-electron chi connectivity index (χ0n) is 10.8. The van der Waals surface area contributed by atoms with E-state index in [-0.39, 0.29) is 11.9 Å². The van der Waals surface area contributed by atoms with Crippen LogP contribution in [-0.2, 0) is 13.1 Å². The first-order valence-electron chi connectivity index (χ1n) is 6.27. The van der Waals surface area contributed by atoms with Crippen LogP contribution in [0.5, 0.6) is 0 Å². The molecule has 0 fully saturated rings. The molecule has 0 saturated heterocycles. The highest BCUT2D eigenvalue weighted by Crippen LogP contribution is 2.18. The van der Waals surface area contributed by atoms with Gasteiger partial charge in [0, 0.05) is 31.2 Å². The molecule has 2 rings (SSSR count). The molecule has 1 aromatic rings. The summed E-state index contributed by atoms with van der Waals surface area (Å²) >= 11 is 0. The maximum absolute atomic E-state index is 12.3. The van der Waals surface area contributed by atoms with E-state index in [4.69, 9.17) is 0 Å². The summed E-state index contributed by atoms with van der Waals surface area (Å²) in [6.45, 7) is 8.68. The van der Waals surface area contributed by atoms with Crippen LogP contribution in [0.1, 0.15) is 42.3 Å². The number of hydrogen-bond acceptors (Lipinski definition) is 2. The van der Waals surface area contributed by atoms with Crippen LogP contribution in [0.25, 0.3) is 0 Å². The third kappa shape index (κ3) is 2.34. The van der Waals surface area contributed by atoms with Gasteiger partial charge < -0.3 is 10.2 Å². The first-order valence-corrected chi connectivity index (χ1v) is 6.27. The van der Waals surface area contributed by atoms with E-state index in [9.17, 15) is 4.79 Å². The zero-order valence-corrected chi connectivity index (χ0v) is 10.8. The third-order valence-corrected chi connectivity index (χ3v) is 3.31. The fraction of sp³-hybridized carbons (Fsp3) is 0.500. The Morgan fingerprint density at radius 1 is 1.35 bits per heavy atom. The minimum absolute atomic E-state index is 0.136. The van der Waals surface area contributed by atoms with E-state index in [2.05, 4.69) is 25.2 Å². The van der Waals surface area contributed by atoms with Crippen molar-refractivity contribution in [2.75, 3.05) is 6.54 Å². The highest BCUT2D eigenvalue weighted by molar-refractivity contribution is 5.94. The van der Waals surface area contributed by atoms with Crippen LogP contribution in [0, 0.1) is 0 Å². The molecule has 92 valence electrons. The molecule has 1 aliphatic heterocycles. The second kappa shape index (κ2) is 4.88. The third-order valence-electron chi connectivity index (χ3n) is 3.31. The van der Waals surface area contributed by atoms with E-state index < -0.39 is 0 Å². The molecule has 1 aromatic carbocycles. The number of carbonyl (C=O) groups excluding carboxylic acids is 1. The summed E-state index contributed by atoms with van der Waals surface area (Å²) < 4.78 is 0. The van der Waals surface area contributed by atoms with Gasteiger partial charge in [-0.05, 0) is 44.0 Å². The van der Waals surface area contributed by atoms with Gasteiger partial charge in [0.05, 0.1) is 0 Å². The van der Waals surface area contributed by atoms with Crippen molar-refractivity contribution in [1.82, 2.24) is 10.2 Å². The SMILES string of the molecule is CCN(C(=O)c1ccc2c(c1)CNC2)C(C)C. The molecular weight excluding hydrogens is 212 g/mol. The fourth-order valence-electron chi connectivity index (χ4n) is 2.34. The van der Waals surface area contributed by atoms with Crippen molar-refractivity contribution in [2.24, 2.45) is 0 Å². The Bertz CT molecular complexity index is 426. The van der Waals surface area contributed by atoms with E-state index in [1.807, 2.05) is 24.0 Å². The van der Waals surface area contributed by atoms with Gasteiger partial charge in [-0.15, -0.1) is 0 Å². The van der Waals surface area contributed by atoms with Crippen LogP contribution in [-0.4, -0.2) is 23.4 Å². The van der Waals surface area contributed by atoms with Gasteiger partial charge in [0.15, 0.2) is 0 Å². The molecule has 0 bridgehead atoms. The number of benzene rings is 1. The van der Waals surface area contributed by atoms with Crippen molar-refractivity contribution in [3.8, 4) is 0 Å². The van der Waals surface area contributed by atoms with Crippen LogP contribution in [0.2, 0.25) is 0 Å². The predicted octanol–water partition coefficient (Wildman–Crippen LogP) is 2.16. The summed E-state index contributed by atoms with van der Waals surface area (Å²) in [5, 5.41) is 3.29. The first kappa shape index (κ1) is 12.1. The quantitative estimate of drug-likeness (QED) is 0.866. The number of hydrogen-bond donors (Lipinski definition) is 1. The molecule has 1 N–H and O–H groups in total. The van der Waals surface area contributed by atoms with Crippen molar-refractivity contribution in [3.05, 3.63) is 34.9 Å². The molecule has 0 spiro atoms. The van der Waals surface area contributed by atoms with Crippen molar-refractivity contribution in [2.45, 2.75) is 39.9 Å². The highest BCUT2D eigenvalue weighted by atomic mass is 16.2. The van der Waals surface area contributed by atoms with E-state index in [0.717, 1.165) is 25.2 Å². The van der Waals surface area contributed by atoms with Gasteiger partial charge in [-0.2, -0.15) is 0 Å². The van der Waals surface area contributed by atoms with Crippen LogP contribution < -0.4 is 5.32 Å². The van der Waals surface area contributed by atoms with Crippen LogP contribution in [0.3, 0.4) is 0 Å². The summed E-state index contributed by atoms with van der Waals surface area (Å²) in [6, 6.07) is 6.29. The summed E-state index contributed by atoms with van der Waals surface area (Å²) in [5.41, 5.74) is 3.38. The van der Waals surface area contributed by atoms with Crippen molar-refractivity contribution < 1.29 is 4.79 Å². The molecule has 0 aromatic heterocycles. The van der Waals surface area contributed by atoms with E-state index in [1.165, 1.54) is 11.1 Å². The largest absolute Gasteiger partial charge is 0.337 e. The summed E-state index contributed by atoms with van der Waals surface area (Å²) in [6.07, 6.45) is 0. The molecule has 0 radical (unpaired) electrons. The number of fused-ring (bicyclic) bond motifs is 1. The molecule has 0 unspecified atom stereocenters. The summed E-state index contributed by atoms with van der Waals surface area (Å²) in [7, 11) is 0. The lowest BCUT2D eigenvalue weighted by molar-refractivity contribution is 0.0717. The summed E-state index contributed by atoms with van der Waals surface area (Å²) in [4.78, 5) is 14.2. The Hall–Kier alpha value is -1.35. The van der Waals surface area contributed by atoms with Gasteiger partial charge >= 0.3 is 0 Å². The summed E-state index contributed by atoms with van der Waals surface area (Å²) in [5.74, 6) is 0.136. The fourth-order valence-corrected chi connectivity index (χ4v) is 2.34. The van der Waals surface area contributed by atoms with Gasteiger partial charge in [-0.25, -0.2) is 0 Å². The topological polar surface area (TPSA) is 32.3 Å². The van der Waals surface area contributed by atoms with Gasteiger partial charge in [-0.3, -0.25) is 4.79 Å². The van der Waals surface area contributed by atoms with Crippen LogP contribution in [0.15, 0.2) is 18.2 Å². The van der Waals surface area contributed by atoms with Crippen molar-refractivity contribution >= 4 is 5.91 Å². The predicted molar refractivity (Wildman–Crippen MR) is 68.8 cm³/mol. The first-order chi connectivity index (χ1) is 8.13. The molecule has 3 nitrogen and oxygen atoms in total. The Morgan fingerprint density at radius 3 is 2.71 bits per heavy atom. The molecule has 0 atom stereocenters. The zero-order chi connectivity index (χ0) is 12.4. The normalized spacial score (nSPS) is 13.9. The van der Waals surface area contributed by atoms with Crippen LogP contribution >= 0.6 is 0 Å². The lowest BCUT2D eigenvalue weighted by atomic mass is 10.1. The molecule has 1 aliphatic rings. The van der Waals surface area contributed by atoms with Crippen LogP contribution in [0.4, 0.5) is 0 Å². The Morgan fingerprint density at radius 2 is 2.06 bits per heavy atom. The van der Waals surface area contributed by atoms with E-state index in [0.29, 0.717) is 0 Å². The molecular formula is C14H20N2O. The second-order valence-corrected chi connectivity index (χ2v) is 4.77. The van der Waals surface area contributed by atoms with Gasteiger partial charge in [-0.1, -0.05) is 6.07 Å². The number of carbonyl (C=O) groups is 1. The van der Waals surface area contributed by atoms with E-state index >= 15 is 0 Å². The average Bonchev–Trinajstić information content (AvgIpc) is 2.75. The smallest absolute Gasteiger partial charge is 0.254 e. The van der Waals surface area contributed by atoms with Gasteiger partial charge in [0.1, 0.15) is 0 Å². The molecule has 1 amide bonds. The van der Waals surface area contributed by atoms with Gasteiger partial charge in [0.25, 0.3) is 5.91 Å². The number of nitrogens with one attached hydrogen (secondary N) is 1. The molecule has 0 aliphatic carbocycles. The Kier molecular flexibility index (Phi) is 3.48. The van der Waals surface area contributed by atoms with E-state index in [1.54, 1.807) is 0 Å². The lowest BCUT2D eigenvalue weighted by Gasteiger charge is -2.25. The van der Waals surface area contributed by atoms with Gasteiger partial charge in [0.2, 0.25) is 0 Å². The minimum Gasteiger partial charge on any atom is -0.337 e. The Balaban J connectivity index is 2.25. The molecule has 0 saturated carbocycles. The van der Waals surface area contributed by atoms with Crippen molar-refractivity contribution in [3.63, 3.8) is 0 Å². The number of nitrogens with zero attached hydrogens (tertiary/aromatic N) is 1.